The Kier molecular flexibility index (Phi) is 7.74. The molecule has 0 aromatic carbocycles. The van der Waals surface area contributed by atoms with E-state index in [9.17, 15) is 4.79 Å². The van der Waals surface area contributed by atoms with Crippen molar-refractivity contribution in [2.75, 3.05) is 38.5 Å². The molecule has 0 radical (unpaired) electrons. The number of hydrogen-bond donors (Lipinski definition) is 2. The zero-order valence-corrected chi connectivity index (χ0v) is 15.7. The number of carbonyl (C=O) groups excluding carboxylic acids is 1. The second kappa shape index (κ2) is 9.56. The van der Waals surface area contributed by atoms with Crippen LogP contribution in [0.5, 0.6) is 0 Å². The van der Waals surface area contributed by atoms with E-state index in [0.717, 1.165) is 45.6 Å². The number of rotatable bonds is 5. The topological polar surface area (TPSA) is 74.5 Å². The Morgan fingerprint density at radius 1 is 1.21 bits per heavy atom. The maximum Gasteiger partial charge on any atom is 0.234 e. The van der Waals surface area contributed by atoms with Gasteiger partial charge in [0, 0.05) is 49.8 Å². The van der Waals surface area contributed by atoms with Crippen molar-refractivity contribution in [3.8, 4) is 0 Å². The van der Waals surface area contributed by atoms with Gasteiger partial charge in [-0.3, -0.25) is 14.6 Å². The summed E-state index contributed by atoms with van der Waals surface area (Å²) in [4.78, 5) is 22.1. The highest BCUT2D eigenvalue weighted by Crippen LogP contribution is 2.18. The number of thiazole rings is 1. The molecule has 0 atom stereocenters. The zero-order chi connectivity index (χ0) is 16.1. The Balaban J connectivity index is 0.00000208. The summed E-state index contributed by atoms with van der Waals surface area (Å²) in [5.74, 6) is 0.195. The Morgan fingerprint density at radius 2 is 1.88 bits per heavy atom. The minimum Gasteiger partial charge on any atom is -0.375 e. The molecule has 2 heterocycles. The minimum absolute atomic E-state index is 0. The SMILES string of the molecule is Cl.Nc1ncc(CN2CCN(CC(=O)NC3CCCCC3)CC2)s1. The molecule has 6 nitrogen and oxygen atoms in total. The molecular formula is C16H28ClN5OS. The van der Waals surface area contributed by atoms with Crippen molar-refractivity contribution in [1.82, 2.24) is 20.1 Å². The molecule has 1 aromatic heterocycles. The molecule has 1 aliphatic heterocycles. The predicted octanol–water partition coefficient (Wildman–Crippen LogP) is 1.71. The summed E-state index contributed by atoms with van der Waals surface area (Å²) < 4.78 is 0. The van der Waals surface area contributed by atoms with Crippen LogP contribution in [0, 0.1) is 0 Å². The summed E-state index contributed by atoms with van der Waals surface area (Å²) >= 11 is 1.56. The maximum absolute atomic E-state index is 12.2. The average molecular weight is 374 g/mol. The number of anilines is 1. The van der Waals surface area contributed by atoms with Gasteiger partial charge < -0.3 is 11.1 Å². The summed E-state index contributed by atoms with van der Waals surface area (Å²) in [5, 5.41) is 3.84. The number of aromatic nitrogens is 1. The third-order valence-corrected chi connectivity index (χ3v) is 5.56. The second-order valence-electron chi connectivity index (χ2n) is 6.62. The van der Waals surface area contributed by atoms with E-state index < -0.39 is 0 Å². The molecule has 0 unspecified atom stereocenters. The van der Waals surface area contributed by atoms with Gasteiger partial charge in [-0.25, -0.2) is 4.98 Å². The van der Waals surface area contributed by atoms with Crippen molar-refractivity contribution in [3.63, 3.8) is 0 Å². The van der Waals surface area contributed by atoms with Crippen molar-refractivity contribution in [1.29, 1.82) is 0 Å². The van der Waals surface area contributed by atoms with Crippen molar-refractivity contribution >= 4 is 34.8 Å². The van der Waals surface area contributed by atoms with Crippen LogP contribution >= 0.6 is 23.7 Å². The minimum atomic E-state index is 0. The fourth-order valence-electron chi connectivity index (χ4n) is 3.44. The number of amides is 1. The molecule has 2 fully saturated rings. The van der Waals surface area contributed by atoms with E-state index in [1.165, 1.54) is 24.1 Å². The van der Waals surface area contributed by atoms with E-state index >= 15 is 0 Å². The molecule has 1 aromatic rings. The summed E-state index contributed by atoms with van der Waals surface area (Å²) in [6.07, 6.45) is 8.00. The summed E-state index contributed by atoms with van der Waals surface area (Å²) in [5.41, 5.74) is 5.67. The van der Waals surface area contributed by atoms with Gasteiger partial charge >= 0.3 is 0 Å². The molecule has 2 aliphatic rings. The Bertz CT molecular complexity index is 512. The van der Waals surface area contributed by atoms with Crippen molar-refractivity contribution < 1.29 is 4.79 Å². The quantitative estimate of drug-likeness (QED) is 0.821. The van der Waals surface area contributed by atoms with Gasteiger partial charge in [-0.1, -0.05) is 19.3 Å². The number of nitrogens with one attached hydrogen (secondary N) is 1. The highest BCUT2D eigenvalue weighted by molar-refractivity contribution is 7.15. The molecule has 24 heavy (non-hydrogen) atoms. The summed E-state index contributed by atoms with van der Waals surface area (Å²) in [7, 11) is 0. The van der Waals surface area contributed by atoms with Gasteiger partial charge in [-0.15, -0.1) is 23.7 Å². The van der Waals surface area contributed by atoms with E-state index in [2.05, 4.69) is 20.1 Å². The number of piperazine rings is 1. The van der Waals surface area contributed by atoms with Gasteiger partial charge in [-0.2, -0.15) is 0 Å². The monoisotopic (exact) mass is 373 g/mol. The molecule has 3 N–H and O–H groups in total. The smallest absolute Gasteiger partial charge is 0.234 e. The highest BCUT2D eigenvalue weighted by Gasteiger charge is 2.21. The number of halogens is 1. The van der Waals surface area contributed by atoms with Crippen LogP contribution in [0.2, 0.25) is 0 Å². The van der Waals surface area contributed by atoms with Crippen molar-refractivity contribution in [2.24, 2.45) is 0 Å². The van der Waals surface area contributed by atoms with E-state index in [1.54, 1.807) is 11.3 Å². The number of carbonyl (C=O) groups is 1. The van der Waals surface area contributed by atoms with Crippen LogP contribution in [0.4, 0.5) is 5.13 Å². The number of nitrogens with zero attached hydrogens (tertiary/aromatic N) is 3. The highest BCUT2D eigenvalue weighted by atomic mass is 35.5. The fraction of sp³-hybridized carbons (Fsp3) is 0.750. The molecule has 0 bridgehead atoms. The first kappa shape index (κ1) is 19.4. The lowest BCUT2D eigenvalue weighted by Crippen LogP contribution is -2.50. The van der Waals surface area contributed by atoms with E-state index in [1.807, 2.05) is 6.20 Å². The fourth-order valence-corrected chi connectivity index (χ4v) is 4.17. The first-order valence-electron chi connectivity index (χ1n) is 8.63. The molecule has 1 saturated heterocycles. The lowest BCUT2D eigenvalue weighted by atomic mass is 9.95. The molecule has 1 aliphatic carbocycles. The lowest BCUT2D eigenvalue weighted by molar-refractivity contribution is -0.123. The number of nitrogen functional groups attached to an aromatic ring is 1. The Labute approximate surface area is 154 Å². The largest absolute Gasteiger partial charge is 0.375 e. The Morgan fingerprint density at radius 3 is 2.50 bits per heavy atom. The lowest BCUT2D eigenvalue weighted by Gasteiger charge is -2.34. The molecular weight excluding hydrogens is 346 g/mol. The Hall–Kier alpha value is -0.890. The predicted molar refractivity (Wildman–Crippen MR) is 101 cm³/mol. The molecule has 1 amide bonds. The van der Waals surface area contributed by atoms with Crippen LogP contribution in [-0.2, 0) is 11.3 Å². The van der Waals surface area contributed by atoms with Gasteiger partial charge in [0.25, 0.3) is 0 Å². The number of nitrogens with two attached hydrogens (primary N) is 1. The summed E-state index contributed by atoms with van der Waals surface area (Å²) in [6, 6.07) is 0.411. The van der Waals surface area contributed by atoms with E-state index in [0.29, 0.717) is 17.7 Å². The first-order valence-corrected chi connectivity index (χ1v) is 9.45. The third-order valence-electron chi connectivity index (χ3n) is 4.75. The van der Waals surface area contributed by atoms with Crippen LogP contribution in [0.25, 0.3) is 0 Å². The van der Waals surface area contributed by atoms with Crippen LogP contribution in [-0.4, -0.2) is 59.5 Å². The van der Waals surface area contributed by atoms with Crippen molar-refractivity contribution in [2.45, 2.75) is 44.7 Å². The number of hydrogen-bond acceptors (Lipinski definition) is 6. The molecule has 1 saturated carbocycles. The van der Waals surface area contributed by atoms with Gasteiger partial charge in [0.15, 0.2) is 5.13 Å². The van der Waals surface area contributed by atoms with Gasteiger partial charge in [0.2, 0.25) is 5.91 Å². The van der Waals surface area contributed by atoms with Crippen LogP contribution < -0.4 is 11.1 Å². The van der Waals surface area contributed by atoms with Crippen LogP contribution in [0.3, 0.4) is 0 Å². The molecule has 136 valence electrons. The van der Waals surface area contributed by atoms with Gasteiger partial charge in [-0.05, 0) is 12.8 Å². The van der Waals surface area contributed by atoms with Gasteiger partial charge in [0.1, 0.15) is 0 Å². The third kappa shape index (κ3) is 5.88. The van der Waals surface area contributed by atoms with Crippen molar-refractivity contribution in [3.05, 3.63) is 11.1 Å². The second-order valence-corrected chi connectivity index (χ2v) is 7.77. The standard InChI is InChI=1S/C16H27N5OS.ClH/c17-16-18-10-14(23-16)11-20-6-8-21(9-7-20)12-15(22)19-13-4-2-1-3-5-13;/h10,13H,1-9,11-12H2,(H2,17,18)(H,19,22);1H. The maximum atomic E-state index is 12.2. The average Bonchev–Trinajstić information content (AvgIpc) is 2.95. The van der Waals surface area contributed by atoms with E-state index in [4.69, 9.17) is 5.73 Å². The van der Waals surface area contributed by atoms with E-state index in [-0.39, 0.29) is 18.3 Å². The van der Waals surface area contributed by atoms with Crippen LogP contribution in [0.1, 0.15) is 37.0 Å². The molecule has 8 heteroatoms. The van der Waals surface area contributed by atoms with Gasteiger partial charge in [0.05, 0.1) is 6.54 Å². The molecule has 3 rings (SSSR count). The first-order chi connectivity index (χ1) is 11.2. The summed E-state index contributed by atoms with van der Waals surface area (Å²) in [6.45, 7) is 5.34. The molecule has 0 spiro atoms. The van der Waals surface area contributed by atoms with Crippen LogP contribution in [0.15, 0.2) is 6.20 Å². The zero-order valence-electron chi connectivity index (χ0n) is 14.1. The normalized spacial score (nSPS) is 20.5.